The molecular formula is C11H17N5O6PS+. The van der Waals surface area contributed by atoms with Crippen molar-refractivity contribution >= 4 is 36.7 Å². The number of H-pyrrole nitrogens is 1. The minimum atomic E-state index is -4.55. The number of nitrogen functional groups attached to an aromatic ring is 1. The molecule has 2 aromatic heterocycles. The van der Waals surface area contributed by atoms with Crippen LogP contribution in [0.3, 0.4) is 0 Å². The molecule has 0 amide bonds. The van der Waals surface area contributed by atoms with Crippen LogP contribution in [0.2, 0.25) is 0 Å². The Bertz CT molecular complexity index is 862. The third-order valence-electron chi connectivity index (χ3n) is 3.44. The van der Waals surface area contributed by atoms with Crippen molar-refractivity contribution < 1.29 is 28.2 Å². The van der Waals surface area contributed by atoms with Crippen molar-refractivity contribution in [2.45, 2.75) is 12.3 Å². The maximum atomic E-state index is 12.0. The van der Waals surface area contributed by atoms with E-state index in [2.05, 4.69) is 14.5 Å². The van der Waals surface area contributed by atoms with Crippen molar-refractivity contribution in [2.24, 2.45) is 7.05 Å². The highest BCUT2D eigenvalue weighted by molar-refractivity contribution is 7.99. The first-order valence-corrected chi connectivity index (χ1v) is 9.62. The summed E-state index contributed by atoms with van der Waals surface area (Å²) in [5.74, 6) is 1.13. The Morgan fingerprint density at radius 2 is 2.38 bits per heavy atom. The van der Waals surface area contributed by atoms with Crippen LogP contribution in [0.25, 0.3) is 11.2 Å². The Morgan fingerprint density at radius 1 is 1.62 bits per heavy atom. The molecule has 5 N–H and O–H groups in total. The Morgan fingerprint density at radius 3 is 3.08 bits per heavy atom. The highest BCUT2D eigenvalue weighted by Crippen LogP contribution is 2.36. The summed E-state index contributed by atoms with van der Waals surface area (Å²) in [4.78, 5) is 36.2. The first kappa shape index (κ1) is 17.4. The van der Waals surface area contributed by atoms with Gasteiger partial charge in [-0.05, 0) is 0 Å². The number of fused-ring (bicyclic) bond motifs is 1. The number of phosphoric acid groups is 1. The van der Waals surface area contributed by atoms with Crippen LogP contribution in [0.4, 0.5) is 5.95 Å². The first-order chi connectivity index (χ1) is 11.2. The van der Waals surface area contributed by atoms with Gasteiger partial charge in [-0.25, -0.2) is 9.13 Å². The molecule has 132 valence electrons. The van der Waals surface area contributed by atoms with E-state index in [9.17, 15) is 9.36 Å². The summed E-state index contributed by atoms with van der Waals surface area (Å²) in [7, 11) is -2.84. The quantitative estimate of drug-likeness (QED) is 0.382. The SMILES string of the molecule is Cn1c[n+]([C@H]2CSC[C@@H](COP(=O)(O)O)O2)c2nc(N)[nH]c(=O)c21. The monoisotopic (exact) mass is 378 g/mol. The fourth-order valence-corrected chi connectivity index (χ4v) is 3.87. The highest BCUT2D eigenvalue weighted by Gasteiger charge is 2.32. The standard InChI is InChI=1S/C11H16N5O6PS/c1-15-5-16(9-8(15)10(17)14-11(12)13-9)7-4-24-3-6(22-7)2-21-23(18,19)20/h5-7H,2-4H2,1H3,(H4-,12,13,14,17,18,19,20)/p+1/t6-,7-/m1/s1. The van der Waals surface area contributed by atoms with E-state index in [-0.39, 0.29) is 18.1 Å². The summed E-state index contributed by atoms with van der Waals surface area (Å²) in [5.41, 5.74) is 5.98. The summed E-state index contributed by atoms with van der Waals surface area (Å²) >= 11 is 1.55. The van der Waals surface area contributed by atoms with E-state index >= 15 is 0 Å². The van der Waals surface area contributed by atoms with Crippen molar-refractivity contribution in [1.29, 1.82) is 0 Å². The summed E-state index contributed by atoms with van der Waals surface area (Å²) < 4.78 is 24.5. The number of nitrogens with two attached hydrogens (primary N) is 1. The molecule has 0 spiro atoms. The molecule has 11 nitrogen and oxygen atoms in total. The summed E-state index contributed by atoms with van der Waals surface area (Å²) in [6, 6.07) is 0. The molecule has 24 heavy (non-hydrogen) atoms. The third kappa shape index (κ3) is 3.63. The van der Waals surface area contributed by atoms with Crippen molar-refractivity contribution in [3.63, 3.8) is 0 Å². The molecule has 0 radical (unpaired) electrons. The van der Waals surface area contributed by atoms with Crippen molar-refractivity contribution in [1.82, 2.24) is 14.5 Å². The zero-order valence-corrected chi connectivity index (χ0v) is 14.4. The lowest BCUT2D eigenvalue weighted by Gasteiger charge is -2.28. The fraction of sp³-hybridized carbons (Fsp3) is 0.545. The number of thioether (sulfide) groups is 1. The average Bonchev–Trinajstić information content (AvgIpc) is 2.82. The molecule has 2 aromatic rings. The lowest BCUT2D eigenvalue weighted by atomic mass is 10.4. The van der Waals surface area contributed by atoms with E-state index in [0.29, 0.717) is 22.7 Å². The van der Waals surface area contributed by atoms with E-state index in [1.165, 1.54) is 0 Å². The topological polar surface area (TPSA) is 157 Å². The van der Waals surface area contributed by atoms with Gasteiger partial charge in [0.25, 0.3) is 11.5 Å². The molecule has 1 fully saturated rings. The summed E-state index contributed by atoms with van der Waals surface area (Å²) in [6.45, 7) is -0.227. The van der Waals surface area contributed by atoms with Gasteiger partial charge in [-0.3, -0.25) is 18.9 Å². The second-order valence-electron chi connectivity index (χ2n) is 5.29. The number of hydrogen-bond donors (Lipinski definition) is 4. The lowest BCUT2D eigenvalue weighted by Crippen LogP contribution is -2.47. The predicted molar refractivity (Wildman–Crippen MR) is 85.2 cm³/mol. The fourth-order valence-electron chi connectivity index (χ4n) is 2.49. The molecule has 1 saturated heterocycles. The minimum Gasteiger partial charge on any atom is -0.355 e. The smallest absolute Gasteiger partial charge is 0.355 e. The number of hydrogen-bond acceptors (Lipinski definition) is 7. The van der Waals surface area contributed by atoms with Gasteiger partial charge in [-0.2, -0.15) is 11.8 Å². The van der Waals surface area contributed by atoms with Gasteiger partial charge in [0.05, 0.1) is 25.5 Å². The van der Waals surface area contributed by atoms with E-state index in [4.69, 9.17) is 20.3 Å². The maximum Gasteiger partial charge on any atom is 0.469 e. The van der Waals surface area contributed by atoms with E-state index < -0.39 is 20.2 Å². The van der Waals surface area contributed by atoms with Gasteiger partial charge in [0, 0.05) is 5.75 Å². The zero-order chi connectivity index (χ0) is 17.5. The number of aromatic nitrogens is 4. The Balaban J connectivity index is 1.87. The number of aromatic amines is 1. The van der Waals surface area contributed by atoms with Crippen LogP contribution in [0.5, 0.6) is 0 Å². The lowest BCUT2D eigenvalue weighted by molar-refractivity contribution is -0.739. The molecule has 1 aliphatic rings. The predicted octanol–water partition coefficient (Wildman–Crippen LogP) is -1.13. The molecule has 0 unspecified atom stereocenters. The molecular weight excluding hydrogens is 361 g/mol. The van der Waals surface area contributed by atoms with Crippen molar-refractivity contribution in [2.75, 3.05) is 23.8 Å². The molecule has 0 aromatic carbocycles. The largest absolute Gasteiger partial charge is 0.469 e. The van der Waals surface area contributed by atoms with Crippen LogP contribution in [0.1, 0.15) is 6.23 Å². The molecule has 2 atom stereocenters. The van der Waals surface area contributed by atoms with Gasteiger partial charge in [-0.15, -0.1) is 0 Å². The molecule has 0 saturated carbocycles. The molecule has 0 aliphatic carbocycles. The molecule has 1 aliphatic heterocycles. The van der Waals surface area contributed by atoms with Gasteiger partial charge in [0.15, 0.2) is 12.6 Å². The normalized spacial score (nSPS) is 22.1. The van der Waals surface area contributed by atoms with Gasteiger partial charge in [0.1, 0.15) is 0 Å². The summed E-state index contributed by atoms with van der Waals surface area (Å²) in [5, 5.41) is 0. The van der Waals surface area contributed by atoms with Crippen LogP contribution in [-0.4, -0.2) is 48.5 Å². The van der Waals surface area contributed by atoms with E-state index in [0.717, 1.165) is 0 Å². The minimum absolute atomic E-state index is 0.00250. The first-order valence-electron chi connectivity index (χ1n) is 6.94. The maximum absolute atomic E-state index is 12.0. The number of rotatable bonds is 4. The molecule has 3 heterocycles. The average molecular weight is 378 g/mol. The zero-order valence-electron chi connectivity index (χ0n) is 12.7. The van der Waals surface area contributed by atoms with Crippen LogP contribution in [-0.2, 0) is 20.9 Å². The molecule has 0 bridgehead atoms. The van der Waals surface area contributed by atoms with Crippen LogP contribution >= 0.6 is 19.6 Å². The van der Waals surface area contributed by atoms with Crippen LogP contribution in [0.15, 0.2) is 11.1 Å². The van der Waals surface area contributed by atoms with Gasteiger partial charge in [0.2, 0.25) is 5.52 Å². The Hall–Kier alpha value is -1.43. The van der Waals surface area contributed by atoms with Crippen molar-refractivity contribution in [3.05, 3.63) is 16.7 Å². The van der Waals surface area contributed by atoms with Gasteiger partial charge >= 0.3 is 13.5 Å². The van der Waals surface area contributed by atoms with Gasteiger partial charge in [-0.1, -0.05) is 4.98 Å². The van der Waals surface area contributed by atoms with E-state index in [1.54, 1.807) is 34.3 Å². The number of nitrogens with one attached hydrogen (secondary N) is 1. The Labute approximate surface area is 140 Å². The Kier molecular flexibility index (Phi) is 4.69. The second-order valence-corrected chi connectivity index (χ2v) is 7.61. The third-order valence-corrected chi connectivity index (χ3v) is 5.06. The number of anilines is 1. The number of phosphoric ester groups is 1. The number of imidazole rings is 1. The molecule has 13 heteroatoms. The highest BCUT2D eigenvalue weighted by atomic mass is 32.2. The molecule has 3 rings (SSSR count). The van der Waals surface area contributed by atoms with Crippen molar-refractivity contribution in [3.8, 4) is 0 Å². The van der Waals surface area contributed by atoms with Gasteiger partial charge < -0.3 is 20.3 Å². The second kappa shape index (κ2) is 6.47. The summed E-state index contributed by atoms with van der Waals surface area (Å²) in [6.07, 6.45) is 0.707. The number of nitrogens with zero attached hydrogens (tertiary/aromatic N) is 3. The van der Waals surface area contributed by atoms with Crippen LogP contribution in [0, 0.1) is 0 Å². The number of ether oxygens (including phenoxy) is 1. The van der Waals surface area contributed by atoms with Crippen LogP contribution < -0.4 is 15.9 Å². The number of aryl methyl sites for hydroxylation is 1. The van der Waals surface area contributed by atoms with E-state index in [1.807, 2.05) is 0 Å².